The normalized spacial score (nSPS) is 15.6. The first-order chi connectivity index (χ1) is 16.5. The zero-order valence-electron chi connectivity index (χ0n) is 19.1. The molecule has 0 spiro atoms. The largest absolute Gasteiger partial charge is 0.493 e. The Hall–Kier alpha value is -3.91. The number of pyridine rings is 1. The molecule has 0 bridgehead atoms. The molecule has 1 aliphatic heterocycles. The Labute approximate surface area is 196 Å². The van der Waals surface area contributed by atoms with Crippen LogP contribution in [0.4, 0.5) is 0 Å². The van der Waals surface area contributed by atoms with Gasteiger partial charge in [-0.05, 0) is 19.0 Å². The summed E-state index contributed by atoms with van der Waals surface area (Å²) < 4.78 is 8.84. The number of benzene rings is 2. The molecule has 0 radical (unpaired) electrons. The number of carbonyl (C=O) groups is 2. The van der Waals surface area contributed by atoms with Gasteiger partial charge in [0, 0.05) is 30.6 Å². The third-order valence-corrected chi connectivity index (χ3v) is 6.47. The smallest absolute Gasteiger partial charge is 0.272 e. The van der Waals surface area contributed by atoms with Crippen LogP contribution in [0.15, 0.2) is 59.4 Å². The van der Waals surface area contributed by atoms with Crippen LogP contribution in [0, 0.1) is 0 Å². The van der Waals surface area contributed by atoms with E-state index in [0.29, 0.717) is 34.2 Å². The molecule has 2 aromatic carbocycles. The number of carbonyl (C=O) groups excluding carboxylic acids is 2. The summed E-state index contributed by atoms with van der Waals surface area (Å²) in [7, 11) is 3.22. The number of hydrogen-bond acceptors (Lipinski definition) is 5. The minimum absolute atomic E-state index is 0.0205. The van der Waals surface area contributed by atoms with Crippen molar-refractivity contribution < 1.29 is 14.3 Å². The number of ketones is 1. The molecule has 34 heavy (non-hydrogen) atoms. The maximum Gasteiger partial charge on any atom is 0.272 e. The Morgan fingerprint density at radius 2 is 1.85 bits per heavy atom. The second-order valence-corrected chi connectivity index (χ2v) is 8.53. The fraction of sp³-hybridized carbons (Fsp3) is 0.269. The van der Waals surface area contributed by atoms with E-state index >= 15 is 0 Å². The van der Waals surface area contributed by atoms with E-state index < -0.39 is 0 Å². The van der Waals surface area contributed by atoms with Gasteiger partial charge in [0.05, 0.1) is 24.7 Å². The number of para-hydroxylation sites is 1. The average Bonchev–Trinajstić information content (AvgIpc) is 3.47. The summed E-state index contributed by atoms with van der Waals surface area (Å²) in [6, 6.07) is 16.3. The SMILES string of the molecule is COc1c(C(=O)NC2CCNC2)n(C)c2c1c(=O)n(CC(=O)c1ccccc1)c1ccccc21. The quantitative estimate of drug-likeness (QED) is 0.433. The summed E-state index contributed by atoms with van der Waals surface area (Å²) in [5.74, 6) is -0.244. The maximum absolute atomic E-state index is 13.8. The summed E-state index contributed by atoms with van der Waals surface area (Å²) in [5, 5.41) is 7.33. The van der Waals surface area contributed by atoms with E-state index in [1.54, 1.807) is 35.9 Å². The fourth-order valence-corrected chi connectivity index (χ4v) is 4.83. The molecule has 5 rings (SSSR count). The van der Waals surface area contributed by atoms with Crippen LogP contribution < -0.4 is 20.9 Å². The van der Waals surface area contributed by atoms with Crippen LogP contribution in [-0.2, 0) is 13.6 Å². The van der Waals surface area contributed by atoms with Crippen LogP contribution >= 0.6 is 0 Å². The predicted molar refractivity (Wildman–Crippen MR) is 131 cm³/mol. The molecule has 4 aromatic rings. The van der Waals surface area contributed by atoms with Gasteiger partial charge < -0.3 is 19.9 Å². The lowest BCUT2D eigenvalue weighted by Crippen LogP contribution is -2.37. The Morgan fingerprint density at radius 3 is 2.56 bits per heavy atom. The van der Waals surface area contributed by atoms with Crippen LogP contribution in [0.1, 0.15) is 27.3 Å². The van der Waals surface area contributed by atoms with Gasteiger partial charge in [-0.25, -0.2) is 0 Å². The topological polar surface area (TPSA) is 94.4 Å². The first-order valence-electron chi connectivity index (χ1n) is 11.3. The summed E-state index contributed by atoms with van der Waals surface area (Å²) in [6.45, 7) is 1.43. The molecule has 8 nitrogen and oxygen atoms in total. The van der Waals surface area contributed by atoms with Crippen molar-refractivity contribution in [2.24, 2.45) is 7.05 Å². The van der Waals surface area contributed by atoms with Gasteiger partial charge in [-0.15, -0.1) is 0 Å². The minimum atomic E-state index is -0.369. The number of ether oxygens (including phenoxy) is 1. The highest BCUT2D eigenvalue weighted by Crippen LogP contribution is 2.34. The van der Waals surface area contributed by atoms with Gasteiger partial charge in [0.15, 0.2) is 17.2 Å². The van der Waals surface area contributed by atoms with Crippen molar-refractivity contribution >= 4 is 33.5 Å². The van der Waals surface area contributed by atoms with Crippen LogP contribution in [0.2, 0.25) is 0 Å². The molecule has 0 aliphatic carbocycles. The highest BCUT2D eigenvalue weighted by molar-refractivity contribution is 6.12. The second kappa shape index (κ2) is 8.79. The third-order valence-electron chi connectivity index (χ3n) is 6.47. The van der Waals surface area contributed by atoms with E-state index in [4.69, 9.17) is 4.74 Å². The molecule has 2 N–H and O–H groups in total. The van der Waals surface area contributed by atoms with Crippen molar-refractivity contribution in [3.63, 3.8) is 0 Å². The minimum Gasteiger partial charge on any atom is -0.493 e. The number of Topliss-reactive ketones (excluding diaryl/α,β-unsaturated/α-hetero) is 1. The van der Waals surface area contributed by atoms with E-state index in [2.05, 4.69) is 10.6 Å². The number of nitrogens with zero attached hydrogens (tertiary/aromatic N) is 2. The Balaban J connectivity index is 1.71. The van der Waals surface area contributed by atoms with Crippen LogP contribution in [0.3, 0.4) is 0 Å². The van der Waals surface area contributed by atoms with Gasteiger partial charge in [-0.3, -0.25) is 19.0 Å². The van der Waals surface area contributed by atoms with Gasteiger partial charge in [0.2, 0.25) is 0 Å². The zero-order chi connectivity index (χ0) is 23.8. The summed E-state index contributed by atoms with van der Waals surface area (Å²) in [6.07, 6.45) is 0.843. The lowest BCUT2D eigenvalue weighted by Gasteiger charge is -2.13. The van der Waals surface area contributed by atoms with Crippen molar-refractivity contribution in [3.8, 4) is 5.75 Å². The van der Waals surface area contributed by atoms with Crippen molar-refractivity contribution in [3.05, 3.63) is 76.2 Å². The van der Waals surface area contributed by atoms with Crippen molar-refractivity contribution in [2.45, 2.75) is 19.0 Å². The molecule has 1 fully saturated rings. The molecule has 0 saturated carbocycles. The summed E-state index contributed by atoms with van der Waals surface area (Å²) in [5.41, 5.74) is 1.68. The monoisotopic (exact) mass is 458 g/mol. The zero-order valence-corrected chi connectivity index (χ0v) is 19.1. The number of rotatable bonds is 6. The lowest BCUT2D eigenvalue weighted by molar-refractivity contribution is 0.0927. The predicted octanol–water partition coefficient (Wildman–Crippen LogP) is 2.48. The van der Waals surface area contributed by atoms with E-state index in [9.17, 15) is 14.4 Å². The molecule has 1 unspecified atom stereocenters. The molecule has 8 heteroatoms. The molecule has 1 aliphatic rings. The lowest BCUT2D eigenvalue weighted by atomic mass is 10.1. The van der Waals surface area contributed by atoms with Gasteiger partial charge >= 0.3 is 0 Å². The molecule has 1 amide bonds. The molecule has 1 saturated heterocycles. The van der Waals surface area contributed by atoms with Gasteiger partial charge in [-0.2, -0.15) is 0 Å². The molecule has 1 atom stereocenters. The number of aryl methyl sites for hydroxylation is 1. The Bertz CT molecular complexity index is 1460. The van der Waals surface area contributed by atoms with Crippen LogP contribution in [0.5, 0.6) is 5.75 Å². The number of aromatic nitrogens is 2. The first kappa shape index (κ1) is 21.9. The summed E-state index contributed by atoms with van der Waals surface area (Å²) >= 11 is 0. The van der Waals surface area contributed by atoms with E-state index in [0.717, 1.165) is 18.4 Å². The van der Waals surface area contributed by atoms with Crippen molar-refractivity contribution in [1.29, 1.82) is 0 Å². The average molecular weight is 459 g/mol. The van der Waals surface area contributed by atoms with Gasteiger partial charge in [0.25, 0.3) is 11.5 Å². The molecular formula is C26H26N4O4. The standard InChI is InChI=1S/C26H26N4O4/c1-29-22-18-10-6-7-11-19(18)30(15-20(31)16-8-4-3-5-9-16)26(33)21(22)24(34-2)23(29)25(32)28-17-12-13-27-14-17/h3-11,17,27H,12-15H2,1-2H3,(H,28,32). The molecule has 174 valence electrons. The summed E-state index contributed by atoms with van der Waals surface area (Å²) in [4.78, 5) is 40.1. The molecule has 3 heterocycles. The van der Waals surface area contributed by atoms with Crippen LogP contribution in [0.25, 0.3) is 21.8 Å². The van der Waals surface area contributed by atoms with E-state index in [-0.39, 0.29) is 35.6 Å². The Morgan fingerprint density at radius 1 is 1.12 bits per heavy atom. The second-order valence-electron chi connectivity index (χ2n) is 8.53. The number of nitrogens with one attached hydrogen (secondary N) is 2. The van der Waals surface area contributed by atoms with Crippen molar-refractivity contribution in [2.75, 3.05) is 20.2 Å². The number of amides is 1. The number of fused-ring (bicyclic) bond motifs is 3. The van der Waals surface area contributed by atoms with E-state index in [1.165, 1.54) is 11.7 Å². The maximum atomic E-state index is 13.8. The Kier molecular flexibility index (Phi) is 5.67. The van der Waals surface area contributed by atoms with Crippen molar-refractivity contribution in [1.82, 2.24) is 19.8 Å². The molecule has 2 aromatic heterocycles. The number of hydrogen-bond donors (Lipinski definition) is 2. The van der Waals surface area contributed by atoms with Crippen LogP contribution in [-0.4, -0.2) is 47.1 Å². The third kappa shape index (κ3) is 3.56. The van der Waals surface area contributed by atoms with Gasteiger partial charge in [-0.1, -0.05) is 48.5 Å². The highest BCUT2D eigenvalue weighted by atomic mass is 16.5. The highest BCUT2D eigenvalue weighted by Gasteiger charge is 2.29. The first-order valence-corrected chi connectivity index (χ1v) is 11.3. The number of methoxy groups -OCH3 is 1. The molecular weight excluding hydrogens is 432 g/mol. The fourth-order valence-electron chi connectivity index (χ4n) is 4.83. The van der Waals surface area contributed by atoms with Gasteiger partial charge in [0.1, 0.15) is 5.39 Å². The van der Waals surface area contributed by atoms with E-state index in [1.807, 2.05) is 30.3 Å².